The second-order valence-corrected chi connectivity index (χ2v) is 9.90. The Hall–Kier alpha value is -2.92. The van der Waals surface area contributed by atoms with Gasteiger partial charge >= 0.3 is 0 Å². The van der Waals surface area contributed by atoms with Crippen molar-refractivity contribution < 1.29 is 0 Å². The van der Waals surface area contributed by atoms with Gasteiger partial charge in [0.25, 0.3) is 5.56 Å². The van der Waals surface area contributed by atoms with Crippen molar-refractivity contribution in [2.24, 2.45) is 0 Å². The Kier molecular flexibility index (Phi) is 5.24. The first-order chi connectivity index (χ1) is 14.2. The number of hydrogen-bond acceptors (Lipinski definition) is 4. The molecule has 0 saturated heterocycles. The number of anilines is 2. The number of hydrogen-bond donors (Lipinski definition) is 2. The number of H-pyrrole nitrogens is 1. The highest BCUT2D eigenvalue weighted by Crippen LogP contribution is 2.35. The summed E-state index contributed by atoms with van der Waals surface area (Å²) in [5.74, 6) is 0. The largest absolute Gasteiger partial charge is 0.331 e. The quantitative estimate of drug-likeness (QED) is 0.414. The van der Waals surface area contributed by atoms with Crippen molar-refractivity contribution >= 4 is 33.1 Å². The maximum atomic E-state index is 12.7. The molecule has 0 bridgehead atoms. The van der Waals surface area contributed by atoms with Gasteiger partial charge in [0.15, 0.2) is 5.13 Å². The smallest absolute Gasteiger partial charge is 0.251 e. The van der Waals surface area contributed by atoms with Crippen molar-refractivity contribution in [3.05, 3.63) is 86.1 Å². The second kappa shape index (κ2) is 7.73. The lowest BCUT2D eigenvalue weighted by Crippen LogP contribution is -2.17. The Labute approximate surface area is 181 Å². The van der Waals surface area contributed by atoms with Gasteiger partial charge in [0, 0.05) is 33.5 Å². The van der Waals surface area contributed by atoms with Gasteiger partial charge in [-0.05, 0) is 42.5 Å². The molecule has 30 heavy (non-hydrogen) atoms. The minimum Gasteiger partial charge on any atom is -0.331 e. The van der Waals surface area contributed by atoms with Gasteiger partial charge < -0.3 is 10.3 Å². The first-order valence-electron chi connectivity index (χ1n) is 10.2. The average Bonchev–Trinajstić information content (AvgIpc) is 3.08. The van der Waals surface area contributed by atoms with Gasteiger partial charge in [-0.1, -0.05) is 57.2 Å². The normalized spacial score (nSPS) is 11.8. The van der Waals surface area contributed by atoms with Gasteiger partial charge in [-0.25, -0.2) is 4.98 Å². The summed E-state index contributed by atoms with van der Waals surface area (Å²) in [5.41, 5.74) is 5.99. The first kappa shape index (κ1) is 20.4. The Morgan fingerprint density at radius 1 is 1.03 bits per heavy atom. The van der Waals surface area contributed by atoms with Gasteiger partial charge in [0.2, 0.25) is 0 Å². The van der Waals surface area contributed by atoms with Crippen molar-refractivity contribution in [2.75, 3.05) is 5.32 Å². The Balaban J connectivity index is 1.74. The van der Waals surface area contributed by atoms with E-state index in [2.05, 4.69) is 63.1 Å². The fraction of sp³-hybridized carbons (Fsp3) is 0.280. The van der Waals surface area contributed by atoms with E-state index in [1.165, 1.54) is 11.1 Å². The van der Waals surface area contributed by atoms with E-state index in [-0.39, 0.29) is 11.0 Å². The van der Waals surface area contributed by atoms with Crippen molar-refractivity contribution in [1.29, 1.82) is 0 Å². The first-order valence-corrected chi connectivity index (χ1v) is 11.0. The number of para-hydroxylation sites is 2. The van der Waals surface area contributed by atoms with Crippen molar-refractivity contribution in [3.8, 4) is 0 Å². The zero-order valence-corrected chi connectivity index (χ0v) is 18.9. The second-order valence-electron chi connectivity index (χ2n) is 8.82. The number of benzene rings is 2. The van der Waals surface area contributed by atoms with Crippen LogP contribution in [0.2, 0.25) is 0 Å². The molecule has 5 heteroatoms. The molecule has 0 aliphatic carbocycles. The van der Waals surface area contributed by atoms with Crippen LogP contribution in [-0.2, 0) is 11.8 Å². The maximum absolute atomic E-state index is 12.7. The molecule has 4 rings (SSSR count). The number of fused-ring (bicyclic) bond motifs is 1. The fourth-order valence-corrected chi connectivity index (χ4v) is 4.93. The maximum Gasteiger partial charge on any atom is 0.251 e. The molecule has 4 aromatic rings. The van der Waals surface area contributed by atoms with E-state index in [9.17, 15) is 4.79 Å². The Morgan fingerprint density at radius 3 is 2.43 bits per heavy atom. The lowest BCUT2D eigenvalue weighted by atomic mass is 9.90. The van der Waals surface area contributed by atoms with Crippen LogP contribution in [0.15, 0.2) is 53.3 Å². The van der Waals surface area contributed by atoms with E-state index in [1.807, 2.05) is 30.3 Å². The molecule has 0 unspecified atom stereocenters. The monoisotopic (exact) mass is 417 g/mol. The summed E-state index contributed by atoms with van der Waals surface area (Å²) >= 11 is 1.63. The zero-order valence-electron chi connectivity index (χ0n) is 18.1. The molecule has 0 atom stereocenters. The number of nitrogens with zero attached hydrogens (tertiary/aromatic N) is 1. The van der Waals surface area contributed by atoms with E-state index in [1.54, 1.807) is 11.3 Å². The Morgan fingerprint density at radius 2 is 1.73 bits per heavy atom. The predicted octanol–water partition coefficient (Wildman–Crippen LogP) is 6.23. The van der Waals surface area contributed by atoms with Gasteiger partial charge in [-0.15, -0.1) is 11.3 Å². The molecule has 2 aromatic carbocycles. The van der Waals surface area contributed by atoms with E-state index >= 15 is 0 Å². The number of rotatable bonds is 4. The highest BCUT2D eigenvalue weighted by atomic mass is 32.1. The molecule has 2 N–H and O–H groups in total. The molecule has 0 fully saturated rings. The number of aromatic amines is 1. The summed E-state index contributed by atoms with van der Waals surface area (Å²) in [7, 11) is 0. The number of aryl methyl sites for hydroxylation is 2. The minimum atomic E-state index is -0.115. The van der Waals surface area contributed by atoms with Crippen molar-refractivity contribution in [2.45, 2.75) is 46.5 Å². The van der Waals surface area contributed by atoms with Crippen LogP contribution in [0, 0.1) is 13.8 Å². The van der Waals surface area contributed by atoms with E-state index < -0.39 is 0 Å². The third kappa shape index (κ3) is 4.03. The molecule has 2 aromatic heterocycles. The predicted molar refractivity (Wildman–Crippen MR) is 127 cm³/mol. The van der Waals surface area contributed by atoms with Gasteiger partial charge in [-0.3, -0.25) is 4.79 Å². The lowest BCUT2D eigenvalue weighted by Gasteiger charge is -2.17. The third-order valence-electron chi connectivity index (χ3n) is 5.30. The van der Waals surface area contributed by atoms with Gasteiger partial charge in [-0.2, -0.15) is 0 Å². The summed E-state index contributed by atoms with van der Waals surface area (Å²) in [6, 6.07) is 16.1. The van der Waals surface area contributed by atoms with Crippen LogP contribution in [0.1, 0.15) is 48.0 Å². The molecule has 0 amide bonds. The summed E-state index contributed by atoms with van der Waals surface area (Å²) in [6.45, 7) is 10.7. The molecule has 154 valence electrons. The van der Waals surface area contributed by atoms with E-state index in [0.29, 0.717) is 6.42 Å². The number of nitrogens with one attached hydrogen (secondary N) is 2. The number of aromatic nitrogens is 2. The molecule has 4 nitrogen and oxygen atoms in total. The van der Waals surface area contributed by atoms with Crippen LogP contribution in [-0.4, -0.2) is 9.97 Å². The molecular formula is C25H27N3OS. The summed E-state index contributed by atoms with van der Waals surface area (Å²) in [4.78, 5) is 21.8. The summed E-state index contributed by atoms with van der Waals surface area (Å²) < 4.78 is 0. The van der Waals surface area contributed by atoms with Crippen LogP contribution in [0.4, 0.5) is 10.8 Å². The van der Waals surface area contributed by atoms with Crippen LogP contribution >= 0.6 is 11.3 Å². The molecule has 0 aliphatic rings. The van der Waals surface area contributed by atoms with Gasteiger partial charge in [0.05, 0.1) is 5.69 Å². The lowest BCUT2D eigenvalue weighted by molar-refractivity contribution is 0.568. The number of thiazole rings is 1. The molecule has 0 saturated carbocycles. The van der Waals surface area contributed by atoms with Crippen LogP contribution in [0.3, 0.4) is 0 Å². The molecular weight excluding hydrogens is 390 g/mol. The van der Waals surface area contributed by atoms with E-state index in [0.717, 1.165) is 37.9 Å². The minimum absolute atomic E-state index is 0.0359. The topological polar surface area (TPSA) is 57.8 Å². The van der Waals surface area contributed by atoms with Crippen LogP contribution in [0.25, 0.3) is 10.9 Å². The van der Waals surface area contributed by atoms with Crippen molar-refractivity contribution in [1.82, 2.24) is 9.97 Å². The fourth-order valence-electron chi connectivity index (χ4n) is 3.73. The van der Waals surface area contributed by atoms with Crippen LogP contribution < -0.4 is 10.9 Å². The summed E-state index contributed by atoms with van der Waals surface area (Å²) in [6.07, 6.45) is 0.568. The molecule has 0 spiro atoms. The highest BCUT2D eigenvalue weighted by Gasteiger charge is 2.24. The van der Waals surface area contributed by atoms with Crippen molar-refractivity contribution in [3.63, 3.8) is 0 Å². The standard InChI is InChI=1S/C25H27N3OS/c1-15-9-8-10-16(2)21(15)27-24-28-22(25(3,4)5)20(30-24)14-18-13-17-11-6-7-12-19(17)26-23(18)29/h6-13H,14H2,1-5H3,(H,26,29)(H,27,28). The molecule has 2 heterocycles. The molecule has 0 aliphatic heterocycles. The molecule has 0 radical (unpaired) electrons. The number of pyridine rings is 1. The highest BCUT2D eigenvalue weighted by molar-refractivity contribution is 7.15. The Bertz CT molecular complexity index is 1260. The SMILES string of the molecule is Cc1cccc(C)c1Nc1nc(C(C)(C)C)c(Cc2cc3ccccc3[nH]c2=O)s1. The third-order valence-corrected chi connectivity index (χ3v) is 6.27. The summed E-state index contributed by atoms with van der Waals surface area (Å²) in [5, 5.41) is 5.43. The van der Waals surface area contributed by atoms with Gasteiger partial charge in [0.1, 0.15) is 0 Å². The average molecular weight is 418 g/mol. The van der Waals surface area contributed by atoms with Crippen LogP contribution in [0.5, 0.6) is 0 Å². The zero-order chi connectivity index (χ0) is 21.5. The van der Waals surface area contributed by atoms with E-state index in [4.69, 9.17) is 4.98 Å².